The number of carbonyl (C=O) groups is 1. The summed E-state index contributed by atoms with van der Waals surface area (Å²) in [5, 5.41) is 8.60. The fourth-order valence-electron chi connectivity index (χ4n) is 2.93. The Bertz CT molecular complexity index is 958. The molecule has 1 atom stereocenters. The number of hydrogen-bond acceptors (Lipinski definition) is 4. The van der Waals surface area contributed by atoms with Crippen LogP contribution in [-0.4, -0.2) is 40.5 Å². The molecular weight excluding hydrogens is 308 g/mol. The smallest absolute Gasteiger partial charge is 0.291 e. The van der Waals surface area contributed by atoms with Gasteiger partial charge in [0.25, 0.3) is 5.56 Å². The highest BCUT2D eigenvalue weighted by atomic mass is 16.5. The highest BCUT2D eigenvalue weighted by Gasteiger charge is 2.22. The number of methoxy groups -OCH3 is 1. The molecule has 0 spiro atoms. The average Bonchev–Trinajstić information content (AvgIpc) is 2.92. The van der Waals surface area contributed by atoms with Crippen LogP contribution in [0.4, 0.5) is 0 Å². The predicted octanol–water partition coefficient (Wildman–Crippen LogP) is 1.21. The van der Waals surface area contributed by atoms with E-state index in [1.165, 1.54) is 4.68 Å². The largest absolute Gasteiger partial charge is 0.383 e. The summed E-state index contributed by atoms with van der Waals surface area (Å²) in [4.78, 5) is 25.1. The number of benzene rings is 1. The van der Waals surface area contributed by atoms with E-state index in [-0.39, 0.29) is 11.5 Å². The van der Waals surface area contributed by atoms with Gasteiger partial charge in [-0.05, 0) is 13.0 Å². The van der Waals surface area contributed by atoms with Crippen molar-refractivity contribution in [2.24, 2.45) is 7.05 Å². The molecule has 3 aromatic rings. The van der Waals surface area contributed by atoms with Crippen molar-refractivity contribution in [2.75, 3.05) is 20.3 Å². The van der Waals surface area contributed by atoms with Gasteiger partial charge in [-0.1, -0.05) is 18.2 Å². The summed E-state index contributed by atoms with van der Waals surface area (Å²) in [5.74, 6) is -0.159. The summed E-state index contributed by atoms with van der Waals surface area (Å²) in [6, 6.07) is 7.12. The first-order valence-electron chi connectivity index (χ1n) is 7.78. The van der Waals surface area contributed by atoms with Crippen LogP contribution >= 0.6 is 0 Å². The van der Waals surface area contributed by atoms with Gasteiger partial charge in [-0.15, -0.1) is 0 Å². The second-order valence-electron chi connectivity index (χ2n) is 5.68. The lowest BCUT2D eigenvalue weighted by atomic mass is 10.2. The molecule has 7 nitrogen and oxygen atoms in total. The van der Waals surface area contributed by atoms with Crippen LogP contribution in [0, 0.1) is 0 Å². The molecule has 126 valence electrons. The Morgan fingerprint density at radius 1 is 1.33 bits per heavy atom. The fourth-order valence-corrected chi connectivity index (χ4v) is 2.93. The molecule has 1 aromatic carbocycles. The molecule has 0 saturated heterocycles. The third-order valence-electron chi connectivity index (χ3n) is 4.18. The van der Waals surface area contributed by atoms with Crippen molar-refractivity contribution in [1.82, 2.24) is 19.7 Å². The summed E-state index contributed by atoms with van der Waals surface area (Å²) in [6.07, 6.45) is 1.67. The monoisotopic (exact) mass is 328 g/mol. The van der Waals surface area contributed by atoms with E-state index >= 15 is 0 Å². The fraction of sp³-hybridized carbons (Fsp3) is 0.353. The van der Waals surface area contributed by atoms with Crippen molar-refractivity contribution in [3.63, 3.8) is 0 Å². The van der Waals surface area contributed by atoms with Crippen LogP contribution in [0.1, 0.15) is 13.0 Å². The van der Waals surface area contributed by atoms with Crippen molar-refractivity contribution in [3.05, 3.63) is 40.8 Å². The molecule has 0 aliphatic carbocycles. The van der Waals surface area contributed by atoms with E-state index in [0.717, 1.165) is 16.3 Å². The molecule has 0 saturated carbocycles. The Labute approximate surface area is 138 Å². The lowest BCUT2D eigenvalue weighted by molar-refractivity contribution is -0.123. The Morgan fingerprint density at radius 3 is 2.83 bits per heavy atom. The van der Waals surface area contributed by atoms with Gasteiger partial charge in [0.05, 0.1) is 18.3 Å². The number of rotatable bonds is 5. The average molecular weight is 328 g/mol. The van der Waals surface area contributed by atoms with Crippen LogP contribution < -0.4 is 10.9 Å². The summed E-state index contributed by atoms with van der Waals surface area (Å²) >= 11 is 0. The molecule has 0 fully saturated rings. The van der Waals surface area contributed by atoms with Crippen molar-refractivity contribution in [1.29, 1.82) is 0 Å². The maximum Gasteiger partial charge on any atom is 0.291 e. The van der Waals surface area contributed by atoms with Gasteiger partial charge in [0.1, 0.15) is 11.6 Å². The van der Waals surface area contributed by atoms with E-state index < -0.39 is 6.04 Å². The maximum absolute atomic E-state index is 12.6. The summed E-state index contributed by atoms with van der Waals surface area (Å²) in [5.41, 5.74) is 1.11. The number of para-hydroxylation sites is 1. The molecule has 3 rings (SSSR count). The van der Waals surface area contributed by atoms with Gasteiger partial charge in [0, 0.05) is 31.5 Å². The zero-order valence-electron chi connectivity index (χ0n) is 13.9. The minimum absolute atomic E-state index is 0.159. The Hall–Kier alpha value is -2.67. The molecule has 0 bridgehead atoms. The lowest BCUT2D eigenvalue weighted by Gasteiger charge is -2.16. The predicted molar refractivity (Wildman–Crippen MR) is 92.1 cm³/mol. The molecule has 0 aliphatic heterocycles. The number of hydrogen-bond donors (Lipinski definition) is 1. The van der Waals surface area contributed by atoms with Crippen LogP contribution in [0.3, 0.4) is 0 Å². The van der Waals surface area contributed by atoms with Gasteiger partial charge in [-0.2, -0.15) is 5.10 Å². The summed E-state index contributed by atoms with van der Waals surface area (Å²) in [6.45, 7) is 2.65. The van der Waals surface area contributed by atoms with Crippen molar-refractivity contribution in [2.45, 2.75) is 13.0 Å². The number of nitrogens with one attached hydrogen (secondary N) is 1. The number of nitrogens with zero attached hydrogens (tertiary/aromatic N) is 3. The molecule has 1 amide bonds. The number of amides is 1. The van der Waals surface area contributed by atoms with Gasteiger partial charge in [0.15, 0.2) is 0 Å². The molecular formula is C17H20N4O3. The molecule has 1 N–H and O–H groups in total. The van der Waals surface area contributed by atoms with E-state index in [1.54, 1.807) is 31.8 Å². The summed E-state index contributed by atoms with van der Waals surface area (Å²) < 4.78 is 8.03. The Balaban J connectivity index is 2.19. The quantitative estimate of drug-likeness (QED) is 0.714. The number of fused-ring (bicyclic) bond motifs is 3. The van der Waals surface area contributed by atoms with E-state index in [2.05, 4.69) is 10.4 Å². The van der Waals surface area contributed by atoms with E-state index in [9.17, 15) is 9.59 Å². The van der Waals surface area contributed by atoms with Gasteiger partial charge in [-0.3, -0.25) is 9.59 Å². The van der Waals surface area contributed by atoms with Gasteiger partial charge >= 0.3 is 0 Å². The second kappa shape index (κ2) is 6.45. The molecule has 24 heavy (non-hydrogen) atoms. The number of aryl methyl sites for hydroxylation is 1. The van der Waals surface area contributed by atoms with Crippen molar-refractivity contribution in [3.8, 4) is 0 Å². The molecule has 0 aliphatic rings. The first kappa shape index (κ1) is 16.2. The normalized spacial score (nSPS) is 12.6. The zero-order chi connectivity index (χ0) is 17.3. The third-order valence-corrected chi connectivity index (χ3v) is 4.18. The SMILES string of the molecule is COCCNC(=O)C(C)n1c2ccccc2c2cnn(C)c(=O)c21. The van der Waals surface area contributed by atoms with Gasteiger partial charge in [0.2, 0.25) is 5.91 Å². The van der Waals surface area contributed by atoms with E-state index in [0.29, 0.717) is 18.7 Å². The number of aromatic nitrogens is 3. The topological polar surface area (TPSA) is 78.2 Å². The van der Waals surface area contributed by atoms with Crippen molar-refractivity contribution >= 4 is 27.7 Å². The van der Waals surface area contributed by atoms with Crippen LogP contribution in [0.5, 0.6) is 0 Å². The van der Waals surface area contributed by atoms with Gasteiger partial charge in [-0.25, -0.2) is 4.68 Å². The molecule has 2 aromatic heterocycles. The van der Waals surface area contributed by atoms with Crippen LogP contribution in [0.25, 0.3) is 21.8 Å². The first-order valence-corrected chi connectivity index (χ1v) is 7.78. The standard InChI is InChI=1S/C17H20N4O3/c1-11(16(22)18-8-9-24-3)21-14-7-5-4-6-12(14)13-10-19-20(2)17(23)15(13)21/h4-7,10-11H,8-9H2,1-3H3,(H,18,22). The van der Waals surface area contributed by atoms with Gasteiger partial charge < -0.3 is 14.6 Å². The lowest BCUT2D eigenvalue weighted by Crippen LogP contribution is -2.34. The second-order valence-corrected chi connectivity index (χ2v) is 5.68. The first-order chi connectivity index (χ1) is 11.6. The van der Waals surface area contributed by atoms with E-state index in [4.69, 9.17) is 4.74 Å². The highest BCUT2D eigenvalue weighted by Crippen LogP contribution is 2.29. The molecule has 1 unspecified atom stereocenters. The molecule has 7 heteroatoms. The Kier molecular flexibility index (Phi) is 4.35. The van der Waals surface area contributed by atoms with Crippen LogP contribution in [0.2, 0.25) is 0 Å². The highest BCUT2D eigenvalue weighted by molar-refractivity contribution is 6.08. The molecule has 0 radical (unpaired) electrons. The molecule has 2 heterocycles. The zero-order valence-corrected chi connectivity index (χ0v) is 13.9. The van der Waals surface area contributed by atoms with Crippen LogP contribution in [-0.2, 0) is 16.6 Å². The maximum atomic E-state index is 12.6. The van der Waals surface area contributed by atoms with E-state index in [1.807, 2.05) is 24.3 Å². The minimum atomic E-state index is -0.528. The number of ether oxygens (including phenoxy) is 1. The van der Waals surface area contributed by atoms with Crippen LogP contribution in [0.15, 0.2) is 35.3 Å². The number of carbonyl (C=O) groups excluding carboxylic acids is 1. The van der Waals surface area contributed by atoms with Crippen molar-refractivity contribution < 1.29 is 9.53 Å². The third kappa shape index (κ3) is 2.56. The Morgan fingerprint density at radius 2 is 2.08 bits per heavy atom. The minimum Gasteiger partial charge on any atom is -0.383 e. The summed E-state index contributed by atoms with van der Waals surface area (Å²) in [7, 11) is 3.19.